The Hall–Kier alpha value is -2.15. The molecule has 2 aromatic carbocycles. The van der Waals surface area contributed by atoms with Crippen LogP contribution < -0.4 is 5.14 Å². The number of nitrogens with zero attached hydrogens (tertiary/aromatic N) is 1. The van der Waals surface area contributed by atoms with Crippen LogP contribution in [0, 0.1) is 0 Å². The number of rotatable bonds is 5. The molecule has 0 bridgehead atoms. The zero-order valence-electron chi connectivity index (χ0n) is 14.3. The maximum Gasteiger partial charge on any atom is 0.255 e. The molecule has 26 heavy (non-hydrogen) atoms. The second-order valence-electron chi connectivity index (χ2n) is 6.16. The van der Waals surface area contributed by atoms with Gasteiger partial charge in [0.15, 0.2) is 0 Å². The topological polar surface area (TPSA) is 80.5 Å². The van der Waals surface area contributed by atoms with E-state index < -0.39 is 10.0 Å². The van der Waals surface area contributed by atoms with Crippen LogP contribution in [0.2, 0.25) is 5.02 Å². The molecule has 0 aliphatic carbocycles. The third kappa shape index (κ3) is 3.67. The normalized spacial score (nSPS) is 15.0. The number of sulfonamides is 1. The van der Waals surface area contributed by atoms with E-state index >= 15 is 0 Å². The summed E-state index contributed by atoms with van der Waals surface area (Å²) in [7, 11) is -3.77. The Kier molecular flexibility index (Phi) is 5.18. The maximum atomic E-state index is 12.9. The average molecular weight is 391 g/mol. The molecule has 1 aliphatic rings. The molecule has 2 aromatic rings. The summed E-state index contributed by atoms with van der Waals surface area (Å²) >= 11 is 5.98. The molecule has 0 aromatic heterocycles. The summed E-state index contributed by atoms with van der Waals surface area (Å²) < 4.78 is 22.9. The van der Waals surface area contributed by atoms with Crippen molar-refractivity contribution in [3.05, 3.63) is 64.7 Å². The van der Waals surface area contributed by atoms with E-state index in [1.54, 1.807) is 29.2 Å². The SMILES string of the molecule is CCCN1CC(c2ccc(Cl)cc2)=C(c2ccc(S(N)(=O)=O)cc2)C1=O. The molecule has 0 unspecified atom stereocenters. The van der Waals surface area contributed by atoms with Gasteiger partial charge in [0.05, 0.1) is 10.5 Å². The van der Waals surface area contributed by atoms with Crippen molar-refractivity contribution in [3.8, 4) is 0 Å². The largest absolute Gasteiger partial charge is 0.334 e. The van der Waals surface area contributed by atoms with Gasteiger partial charge in [-0.25, -0.2) is 13.6 Å². The Bertz CT molecular complexity index is 965. The van der Waals surface area contributed by atoms with Crippen LogP contribution in [0.4, 0.5) is 0 Å². The van der Waals surface area contributed by atoms with E-state index in [1.165, 1.54) is 12.1 Å². The molecule has 1 aliphatic heterocycles. The molecule has 5 nitrogen and oxygen atoms in total. The zero-order valence-corrected chi connectivity index (χ0v) is 15.8. The summed E-state index contributed by atoms with van der Waals surface area (Å²) in [6.07, 6.45) is 0.858. The highest BCUT2D eigenvalue weighted by atomic mass is 35.5. The van der Waals surface area contributed by atoms with Crippen molar-refractivity contribution >= 4 is 38.7 Å². The van der Waals surface area contributed by atoms with Crippen molar-refractivity contribution in [2.24, 2.45) is 5.14 Å². The number of carbonyl (C=O) groups is 1. The third-order valence-electron chi connectivity index (χ3n) is 4.31. The van der Waals surface area contributed by atoms with Crippen molar-refractivity contribution in [1.82, 2.24) is 4.90 Å². The van der Waals surface area contributed by atoms with Crippen LogP contribution in [-0.4, -0.2) is 32.3 Å². The van der Waals surface area contributed by atoms with Crippen LogP contribution >= 0.6 is 11.6 Å². The lowest BCUT2D eigenvalue weighted by atomic mass is 9.97. The second-order valence-corrected chi connectivity index (χ2v) is 8.15. The van der Waals surface area contributed by atoms with E-state index in [1.807, 2.05) is 19.1 Å². The van der Waals surface area contributed by atoms with Crippen LogP contribution in [0.25, 0.3) is 11.1 Å². The zero-order chi connectivity index (χ0) is 18.9. The summed E-state index contributed by atoms with van der Waals surface area (Å²) in [5.41, 5.74) is 3.09. The predicted octanol–water partition coefficient (Wildman–Crippen LogP) is 3.15. The van der Waals surface area contributed by atoms with Crippen molar-refractivity contribution in [3.63, 3.8) is 0 Å². The Morgan fingerprint density at radius 2 is 1.62 bits per heavy atom. The number of hydrogen-bond donors (Lipinski definition) is 1. The van der Waals surface area contributed by atoms with Crippen LogP contribution in [0.1, 0.15) is 24.5 Å². The molecular formula is C19H19ClN2O3S. The molecule has 3 rings (SSSR count). The highest BCUT2D eigenvalue weighted by Gasteiger charge is 2.31. The highest BCUT2D eigenvalue weighted by Crippen LogP contribution is 2.35. The Morgan fingerprint density at radius 3 is 2.15 bits per heavy atom. The van der Waals surface area contributed by atoms with Crippen LogP contribution in [0.3, 0.4) is 0 Å². The number of nitrogens with two attached hydrogens (primary N) is 1. The molecule has 1 amide bonds. The molecular weight excluding hydrogens is 372 g/mol. The molecule has 0 saturated heterocycles. The molecule has 0 radical (unpaired) electrons. The first-order chi connectivity index (χ1) is 12.3. The van der Waals surface area contributed by atoms with E-state index in [0.717, 1.165) is 17.6 Å². The number of amides is 1. The third-order valence-corrected chi connectivity index (χ3v) is 5.49. The van der Waals surface area contributed by atoms with Crippen molar-refractivity contribution < 1.29 is 13.2 Å². The summed E-state index contributed by atoms with van der Waals surface area (Å²) in [6.45, 7) is 3.20. The van der Waals surface area contributed by atoms with E-state index in [2.05, 4.69) is 0 Å². The van der Waals surface area contributed by atoms with Gasteiger partial charge in [-0.3, -0.25) is 4.79 Å². The van der Waals surface area contributed by atoms with Crippen LogP contribution in [0.5, 0.6) is 0 Å². The van der Waals surface area contributed by atoms with E-state index in [4.69, 9.17) is 16.7 Å². The molecule has 2 N–H and O–H groups in total. The molecule has 136 valence electrons. The number of benzene rings is 2. The molecule has 0 atom stereocenters. The monoisotopic (exact) mass is 390 g/mol. The first-order valence-electron chi connectivity index (χ1n) is 8.23. The van der Waals surface area contributed by atoms with E-state index in [0.29, 0.717) is 29.2 Å². The molecule has 1 heterocycles. The summed E-state index contributed by atoms with van der Waals surface area (Å²) in [4.78, 5) is 14.7. The molecule has 0 fully saturated rings. The van der Waals surface area contributed by atoms with Gasteiger partial charge in [-0.05, 0) is 47.4 Å². The first kappa shape index (κ1) is 18.6. The van der Waals surface area contributed by atoms with Crippen molar-refractivity contribution in [2.75, 3.05) is 13.1 Å². The summed E-state index contributed by atoms with van der Waals surface area (Å²) in [5.74, 6) is -0.0554. The number of hydrogen-bond acceptors (Lipinski definition) is 3. The van der Waals surface area contributed by atoms with Gasteiger partial charge in [-0.1, -0.05) is 42.8 Å². The average Bonchev–Trinajstić information content (AvgIpc) is 2.92. The van der Waals surface area contributed by atoms with Crippen LogP contribution in [0.15, 0.2) is 53.4 Å². The summed E-state index contributed by atoms with van der Waals surface area (Å²) in [5, 5.41) is 5.78. The fourth-order valence-electron chi connectivity index (χ4n) is 3.08. The van der Waals surface area contributed by atoms with Gasteiger partial charge in [0.25, 0.3) is 5.91 Å². The van der Waals surface area contributed by atoms with Gasteiger partial charge in [0, 0.05) is 18.1 Å². The van der Waals surface area contributed by atoms with Gasteiger partial charge in [-0.15, -0.1) is 0 Å². The standard InChI is InChI=1S/C19H19ClN2O3S/c1-2-11-22-12-17(13-3-7-15(20)8-4-13)18(19(22)23)14-5-9-16(10-6-14)26(21,24)25/h3-10H,2,11-12H2,1H3,(H2,21,24,25). The van der Waals surface area contributed by atoms with Gasteiger partial charge >= 0.3 is 0 Å². The smallest absolute Gasteiger partial charge is 0.255 e. The minimum Gasteiger partial charge on any atom is -0.334 e. The lowest BCUT2D eigenvalue weighted by Gasteiger charge is -2.15. The van der Waals surface area contributed by atoms with Gasteiger partial charge < -0.3 is 4.90 Å². The second kappa shape index (κ2) is 7.23. The predicted molar refractivity (Wildman–Crippen MR) is 103 cm³/mol. The molecule has 7 heteroatoms. The minimum atomic E-state index is -3.77. The quantitative estimate of drug-likeness (QED) is 0.851. The van der Waals surface area contributed by atoms with Crippen LogP contribution in [-0.2, 0) is 14.8 Å². The lowest BCUT2D eigenvalue weighted by molar-refractivity contribution is -0.123. The van der Waals surface area contributed by atoms with Gasteiger partial charge in [0.2, 0.25) is 10.0 Å². The lowest BCUT2D eigenvalue weighted by Crippen LogP contribution is -2.27. The van der Waals surface area contributed by atoms with E-state index in [9.17, 15) is 13.2 Å². The first-order valence-corrected chi connectivity index (χ1v) is 10.2. The van der Waals surface area contributed by atoms with Crippen molar-refractivity contribution in [2.45, 2.75) is 18.2 Å². The fraction of sp³-hybridized carbons (Fsp3) is 0.211. The van der Waals surface area contributed by atoms with E-state index in [-0.39, 0.29) is 10.8 Å². The number of primary sulfonamides is 1. The Morgan fingerprint density at radius 1 is 1.04 bits per heavy atom. The molecule has 0 saturated carbocycles. The van der Waals surface area contributed by atoms with Gasteiger partial charge in [-0.2, -0.15) is 0 Å². The molecule has 0 spiro atoms. The Balaban J connectivity index is 2.09. The maximum absolute atomic E-state index is 12.9. The van der Waals surface area contributed by atoms with Gasteiger partial charge in [0.1, 0.15) is 0 Å². The fourth-order valence-corrected chi connectivity index (χ4v) is 3.72. The summed E-state index contributed by atoms with van der Waals surface area (Å²) in [6, 6.07) is 13.5. The number of halogens is 1. The Labute approximate surface area is 158 Å². The van der Waals surface area contributed by atoms with Crippen molar-refractivity contribution in [1.29, 1.82) is 0 Å². The minimum absolute atomic E-state index is 0.0192. The highest BCUT2D eigenvalue weighted by molar-refractivity contribution is 7.89. The number of carbonyl (C=O) groups excluding carboxylic acids is 1.